The number of hydrogen-bond acceptors (Lipinski definition) is 6. The Morgan fingerprint density at radius 1 is 1.00 bits per heavy atom. The van der Waals surface area contributed by atoms with Gasteiger partial charge in [0.25, 0.3) is 0 Å². The molecule has 0 aliphatic heterocycles. The van der Waals surface area contributed by atoms with Gasteiger partial charge in [0.05, 0.1) is 18.7 Å². The van der Waals surface area contributed by atoms with Crippen molar-refractivity contribution in [3.8, 4) is 0 Å². The smallest absolute Gasteiger partial charge is 0.328 e. The molecule has 4 unspecified atom stereocenters. The van der Waals surface area contributed by atoms with Crippen LogP contribution < -0.4 is 21.7 Å². The van der Waals surface area contributed by atoms with Gasteiger partial charge in [0.2, 0.25) is 17.7 Å². The Bertz CT molecular complexity index is 492. The third-order valence-electron chi connectivity index (χ3n) is 3.24. The number of carboxylic acid groups (broad SMARTS) is 1. The van der Waals surface area contributed by atoms with Gasteiger partial charge in [0.15, 0.2) is 6.04 Å². The van der Waals surface area contributed by atoms with E-state index in [1.165, 1.54) is 13.8 Å². The number of amides is 3. The van der Waals surface area contributed by atoms with Gasteiger partial charge in [-0.25, -0.2) is 4.79 Å². The van der Waals surface area contributed by atoms with Crippen molar-refractivity contribution in [2.24, 2.45) is 11.7 Å². The van der Waals surface area contributed by atoms with E-state index in [-0.39, 0.29) is 5.92 Å². The minimum atomic E-state index is -1.48. The lowest BCUT2D eigenvalue weighted by Crippen LogP contribution is -2.54. The molecule has 0 radical (unpaired) electrons. The number of rotatable bonds is 10. The summed E-state index contributed by atoms with van der Waals surface area (Å²) >= 11 is 0. The van der Waals surface area contributed by atoms with Gasteiger partial charge >= 0.3 is 5.97 Å². The number of carboxylic acids is 1. The molecule has 0 saturated heterocycles. The largest absolute Gasteiger partial charge is 0.480 e. The second-order valence-corrected chi connectivity index (χ2v) is 6.32. The molecule has 0 rings (SSSR count). The van der Waals surface area contributed by atoms with Crippen LogP contribution in [0.4, 0.5) is 0 Å². The van der Waals surface area contributed by atoms with Crippen LogP contribution >= 0.6 is 0 Å². The van der Waals surface area contributed by atoms with Gasteiger partial charge in [-0.2, -0.15) is 0 Å². The Labute approximate surface area is 146 Å². The first-order valence-corrected chi connectivity index (χ1v) is 7.99. The van der Waals surface area contributed by atoms with Crippen molar-refractivity contribution in [2.45, 2.75) is 58.3 Å². The molecule has 10 heteroatoms. The average Bonchev–Trinajstić information content (AvgIpc) is 2.48. The average molecular weight is 360 g/mol. The predicted octanol–water partition coefficient (Wildman–Crippen LogP) is -2.07. The van der Waals surface area contributed by atoms with Gasteiger partial charge in [0, 0.05) is 0 Å². The molecule has 0 aromatic heterocycles. The van der Waals surface area contributed by atoms with Crippen molar-refractivity contribution in [1.82, 2.24) is 16.0 Å². The topological polar surface area (TPSA) is 171 Å². The summed E-state index contributed by atoms with van der Waals surface area (Å²) in [5.41, 5.74) is 5.46. The second-order valence-electron chi connectivity index (χ2n) is 6.32. The molecular weight excluding hydrogens is 332 g/mol. The zero-order chi connectivity index (χ0) is 19.7. The summed E-state index contributed by atoms with van der Waals surface area (Å²) in [6, 6.07) is -3.12. The van der Waals surface area contributed by atoms with Gasteiger partial charge < -0.3 is 31.9 Å². The van der Waals surface area contributed by atoms with E-state index in [0.29, 0.717) is 6.42 Å². The number of aliphatic carboxylic acids is 1. The summed E-state index contributed by atoms with van der Waals surface area (Å²) in [7, 11) is 0. The van der Waals surface area contributed by atoms with Gasteiger partial charge in [-0.15, -0.1) is 0 Å². The van der Waals surface area contributed by atoms with E-state index >= 15 is 0 Å². The van der Waals surface area contributed by atoms with Crippen LogP contribution in [0.25, 0.3) is 0 Å². The molecular formula is C15H28N4O6. The van der Waals surface area contributed by atoms with Crippen LogP contribution in [0.15, 0.2) is 0 Å². The number of nitrogens with two attached hydrogens (primary N) is 1. The molecule has 0 aromatic carbocycles. The number of aliphatic hydroxyl groups excluding tert-OH is 1. The fraction of sp³-hybridized carbons (Fsp3) is 0.733. The van der Waals surface area contributed by atoms with Crippen LogP contribution in [0.3, 0.4) is 0 Å². The highest BCUT2D eigenvalue weighted by Gasteiger charge is 2.26. The lowest BCUT2D eigenvalue weighted by Gasteiger charge is -2.21. The predicted molar refractivity (Wildman–Crippen MR) is 89.3 cm³/mol. The van der Waals surface area contributed by atoms with Gasteiger partial charge in [0.1, 0.15) is 6.04 Å². The van der Waals surface area contributed by atoms with E-state index in [1.807, 2.05) is 13.8 Å². The highest BCUT2D eigenvalue weighted by Crippen LogP contribution is 2.05. The molecule has 0 spiro atoms. The fourth-order valence-corrected chi connectivity index (χ4v) is 1.91. The molecule has 7 N–H and O–H groups in total. The number of carbonyl (C=O) groups excluding carboxylic acids is 3. The number of carbonyl (C=O) groups is 4. The zero-order valence-corrected chi connectivity index (χ0v) is 14.9. The maximum atomic E-state index is 12.2. The van der Waals surface area contributed by atoms with Crippen molar-refractivity contribution in [1.29, 1.82) is 0 Å². The first kappa shape index (κ1) is 22.8. The molecule has 3 amide bonds. The van der Waals surface area contributed by atoms with Crippen molar-refractivity contribution >= 4 is 23.7 Å². The minimum Gasteiger partial charge on any atom is -0.480 e. The van der Waals surface area contributed by atoms with Crippen LogP contribution in [0.5, 0.6) is 0 Å². The van der Waals surface area contributed by atoms with Crippen LogP contribution in [-0.4, -0.2) is 64.7 Å². The van der Waals surface area contributed by atoms with Gasteiger partial charge in [-0.05, 0) is 26.2 Å². The zero-order valence-electron chi connectivity index (χ0n) is 14.9. The van der Waals surface area contributed by atoms with E-state index in [1.54, 1.807) is 0 Å². The first-order chi connectivity index (χ1) is 11.5. The molecule has 4 atom stereocenters. The van der Waals surface area contributed by atoms with Crippen molar-refractivity contribution in [3.05, 3.63) is 0 Å². The molecule has 144 valence electrons. The van der Waals surface area contributed by atoms with E-state index in [4.69, 9.17) is 10.8 Å². The number of nitrogens with one attached hydrogen (secondary N) is 3. The summed E-state index contributed by atoms with van der Waals surface area (Å²) in [5.74, 6) is -3.14. The standard InChI is InChI=1S/C15H28N4O6/c1-7(2)5-10(18-13(22)8(3)16)14(23)17-6-11(21)19-12(9(4)20)15(24)25/h7-10,12,20H,5-6,16H2,1-4H3,(H,17,23)(H,18,22)(H,19,21)(H,24,25). The quantitative estimate of drug-likeness (QED) is 0.260. The maximum absolute atomic E-state index is 12.2. The normalized spacial score (nSPS) is 15.6. The van der Waals surface area contributed by atoms with Crippen molar-refractivity contribution in [3.63, 3.8) is 0 Å². The molecule has 0 fully saturated rings. The van der Waals surface area contributed by atoms with Crippen molar-refractivity contribution < 1.29 is 29.4 Å². The Morgan fingerprint density at radius 2 is 1.56 bits per heavy atom. The van der Waals surface area contributed by atoms with E-state index in [2.05, 4.69) is 16.0 Å². The van der Waals surface area contributed by atoms with Crippen LogP contribution in [0.2, 0.25) is 0 Å². The lowest BCUT2D eigenvalue weighted by molar-refractivity contribution is -0.144. The molecule has 0 aliphatic carbocycles. The molecule has 10 nitrogen and oxygen atoms in total. The molecule has 25 heavy (non-hydrogen) atoms. The molecule has 0 bridgehead atoms. The highest BCUT2D eigenvalue weighted by atomic mass is 16.4. The Hall–Kier alpha value is -2.20. The van der Waals surface area contributed by atoms with Gasteiger partial charge in [-0.3, -0.25) is 14.4 Å². The monoisotopic (exact) mass is 360 g/mol. The summed E-state index contributed by atoms with van der Waals surface area (Å²) < 4.78 is 0. The van der Waals surface area contributed by atoms with E-state index in [9.17, 15) is 24.3 Å². The van der Waals surface area contributed by atoms with Crippen molar-refractivity contribution in [2.75, 3.05) is 6.54 Å². The molecule has 0 heterocycles. The lowest BCUT2D eigenvalue weighted by atomic mass is 10.0. The summed E-state index contributed by atoms with van der Waals surface area (Å²) in [4.78, 5) is 46.5. The Kier molecular flexibility index (Phi) is 9.69. The Morgan fingerprint density at radius 3 is 1.96 bits per heavy atom. The maximum Gasteiger partial charge on any atom is 0.328 e. The van der Waals surface area contributed by atoms with E-state index < -0.39 is 54.5 Å². The molecule has 0 aliphatic rings. The second kappa shape index (κ2) is 10.6. The van der Waals surface area contributed by atoms with Crippen LogP contribution in [0, 0.1) is 5.92 Å². The van der Waals surface area contributed by atoms with Gasteiger partial charge in [-0.1, -0.05) is 13.8 Å². The van der Waals surface area contributed by atoms with Crippen LogP contribution in [0.1, 0.15) is 34.1 Å². The Balaban J connectivity index is 4.70. The summed E-state index contributed by atoms with van der Waals surface area (Å²) in [6.45, 7) is 5.95. The number of hydrogen-bond donors (Lipinski definition) is 6. The minimum absolute atomic E-state index is 0.101. The highest BCUT2D eigenvalue weighted by molar-refractivity contribution is 5.92. The third kappa shape index (κ3) is 9.01. The fourth-order valence-electron chi connectivity index (χ4n) is 1.91. The molecule has 0 saturated carbocycles. The first-order valence-electron chi connectivity index (χ1n) is 7.99. The summed E-state index contributed by atoms with van der Waals surface area (Å²) in [6.07, 6.45) is -0.951. The third-order valence-corrected chi connectivity index (χ3v) is 3.24. The summed E-state index contributed by atoms with van der Waals surface area (Å²) in [5, 5.41) is 25.1. The molecule has 0 aromatic rings. The number of aliphatic hydroxyl groups is 1. The SMILES string of the molecule is CC(C)CC(NC(=O)C(C)N)C(=O)NCC(=O)NC(C(=O)O)C(C)O. The van der Waals surface area contributed by atoms with Crippen LogP contribution in [-0.2, 0) is 19.2 Å². The van der Waals surface area contributed by atoms with E-state index in [0.717, 1.165) is 0 Å².